The highest BCUT2D eigenvalue weighted by atomic mass is 16.6. The van der Waals surface area contributed by atoms with Crippen LogP contribution >= 0.6 is 0 Å². The quantitative estimate of drug-likeness (QED) is 0.527. The van der Waals surface area contributed by atoms with E-state index in [0.29, 0.717) is 18.6 Å². The SMILES string of the molecule is CNC(=O)CCC(C=O)n1c(=O)n(C)c2c(C3CC(OC4CCN(C(=O)OC(C)(C)C)CC4)C3)cccc21. The van der Waals surface area contributed by atoms with Crippen LogP contribution in [0.25, 0.3) is 11.0 Å². The highest BCUT2D eigenvalue weighted by Crippen LogP contribution is 2.42. The number of ether oxygens (including phenoxy) is 2. The topological polar surface area (TPSA) is 112 Å². The van der Waals surface area contributed by atoms with E-state index >= 15 is 0 Å². The number of amides is 2. The van der Waals surface area contributed by atoms with Gasteiger partial charge in [0.2, 0.25) is 5.91 Å². The van der Waals surface area contributed by atoms with E-state index in [9.17, 15) is 19.2 Å². The van der Waals surface area contributed by atoms with E-state index in [2.05, 4.69) is 5.32 Å². The summed E-state index contributed by atoms with van der Waals surface area (Å²) >= 11 is 0. The standard InChI is InChI=1S/C28H40N4O6/c1-28(2,3)38-27(36)31-13-11-20(12-14-31)37-21-15-18(16-21)22-7-6-8-23-25(22)30(5)26(35)32(23)19(17-33)9-10-24(34)29-4/h6-8,17-21H,9-16H2,1-5H3,(H,29,34). The minimum Gasteiger partial charge on any atom is -0.444 e. The summed E-state index contributed by atoms with van der Waals surface area (Å²) in [6, 6.07) is 5.13. The number of likely N-dealkylation sites (tertiary alicyclic amines) is 1. The van der Waals surface area contributed by atoms with Gasteiger partial charge in [-0.2, -0.15) is 0 Å². The summed E-state index contributed by atoms with van der Waals surface area (Å²) < 4.78 is 15.0. The van der Waals surface area contributed by atoms with Crippen LogP contribution in [0.15, 0.2) is 23.0 Å². The van der Waals surface area contributed by atoms with Crippen molar-refractivity contribution >= 4 is 29.3 Å². The Hall–Kier alpha value is -3.14. The highest BCUT2D eigenvalue weighted by molar-refractivity contribution is 5.82. The van der Waals surface area contributed by atoms with Crippen LogP contribution in [0, 0.1) is 0 Å². The van der Waals surface area contributed by atoms with Gasteiger partial charge in [-0.1, -0.05) is 12.1 Å². The van der Waals surface area contributed by atoms with Crippen molar-refractivity contribution in [2.24, 2.45) is 7.05 Å². The Kier molecular flexibility index (Phi) is 8.30. The van der Waals surface area contributed by atoms with Crippen molar-refractivity contribution < 1.29 is 23.9 Å². The normalized spacial score (nSPS) is 21.1. The maximum Gasteiger partial charge on any atom is 0.410 e. The molecule has 2 aliphatic rings. The molecule has 2 fully saturated rings. The highest BCUT2D eigenvalue weighted by Gasteiger charge is 2.36. The molecule has 208 valence electrons. The molecule has 1 aromatic heterocycles. The summed E-state index contributed by atoms with van der Waals surface area (Å²) in [6.07, 6.45) is 4.47. The Balaban J connectivity index is 1.39. The van der Waals surface area contributed by atoms with Gasteiger partial charge in [-0.15, -0.1) is 0 Å². The molecule has 4 rings (SSSR count). The van der Waals surface area contributed by atoms with Gasteiger partial charge in [0.15, 0.2) is 0 Å². The second kappa shape index (κ2) is 11.3. The number of piperidine rings is 1. The van der Waals surface area contributed by atoms with Crippen LogP contribution in [0.2, 0.25) is 0 Å². The van der Waals surface area contributed by atoms with Gasteiger partial charge in [-0.3, -0.25) is 13.9 Å². The molecule has 10 heteroatoms. The van der Waals surface area contributed by atoms with Gasteiger partial charge in [0, 0.05) is 33.6 Å². The van der Waals surface area contributed by atoms with E-state index in [-0.39, 0.29) is 48.7 Å². The maximum atomic E-state index is 13.2. The van der Waals surface area contributed by atoms with Gasteiger partial charge in [-0.05, 0) is 70.4 Å². The molecule has 1 unspecified atom stereocenters. The summed E-state index contributed by atoms with van der Waals surface area (Å²) in [5.41, 5.74) is 1.86. The summed E-state index contributed by atoms with van der Waals surface area (Å²) in [7, 11) is 3.29. The largest absolute Gasteiger partial charge is 0.444 e. The minimum atomic E-state index is -0.706. The van der Waals surface area contributed by atoms with Gasteiger partial charge in [0.05, 0.1) is 29.3 Å². The fourth-order valence-corrected chi connectivity index (χ4v) is 5.48. The molecule has 0 bridgehead atoms. The number of fused-ring (bicyclic) bond motifs is 1. The molecule has 0 radical (unpaired) electrons. The number of imidazole rings is 1. The Morgan fingerprint density at radius 1 is 1.16 bits per heavy atom. The van der Waals surface area contributed by atoms with Crippen molar-refractivity contribution in [1.29, 1.82) is 0 Å². The molecule has 1 N–H and O–H groups in total. The number of hydrogen-bond acceptors (Lipinski definition) is 6. The first-order chi connectivity index (χ1) is 18.0. The van der Waals surface area contributed by atoms with E-state index in [0.717, 1.165) is 43.0 Å². The number of benzene rings is 1. The number of aryl methyl sites for hydroxylation is 1. The Morgan fingerprint density at radius 2 is 1.84 bits per heavy atom. The number of aromatic nitrogens is 2. The van der Waals surface area contributed by atoms with Crippen molar-refractivity contribution in [3.63, 3.8) is 0 Å². The van der Waals surface area contributed by atoms with Gasteiger partial charge >= 0.3 is 11.8 Å². The maximum absolute atomic E-state index is 13.2. The number of nitrogens with one attached hydrogen (secondary N) is 1. The lowest BCUT2D eigenvalue weighted by Crippen LogP contribution is -2.45. The zero-order valence-electron chi connectivity index (χ0n) is 23.1. The number of nitrogens with zero attached hydrogens (tertiary/aromatic N) is 3. The molecular weight excluding hydrogens is 488 g/mol. The molecule has 10 nitrogen and oxygen atoms in total. The Morgan fingerprint density at radius 3 is 2.45 bits per heavy atom. The first-order valence-corrected chi connectivity index (χ1v) is 13.5. The number of aldehydes is 1. The van der Waals surface area contributed by atoms with Crippen molar-refractivity contribution in [2.75, 3.05) is 20.1 Å². The predicted molar refractivity (Wildman–Crippen MR) is 143 cm³/mol. The van der Waals surface area contributed by atoms with Crippen LogP contribution in [0.3, 0.4) is 0 Å². The molecule has 0 spiro atoms. The van der Waals surface area contributed by atoms with Crippen molar-refractivity contribution in [2.45, 2.75) is 89.1 Å². The van der Waals surface area contributed by atoms with Crippen LogP contribution in [0.5, 0.6) is 0 Å². The van der Waals surface area contributed by atoms with Gasteiger partial charge in [-0.25, -0.2) is 9.59 Å². The third-order valence-corrected chi connectivity index (χ3v) is 7.58. The Bertz CT molecular complexity index is 1230. The number of carbonyl (C=O) groups is 3. The van der Waals surface area contributed by atoms with Crippen LogP contribution in [-0.2, 0) is 26.1 Å². The lowest BCUT2D eigenvalue weighted by molar-refractivity contribution is -0.121. The van der Waals surface area contributed by atoms with Gasteiger partial charge in [0.25, 0.3) is 0 Å². The van der Waals surface area contributed by atoms with Gasteiger partial charge < -0.3 is 24.5 Å². The average molecular weight is 529 g/mol. The van der Waals surface area contributed by atoms with E-state index in [4.69, 9.17) is 9.47 Å². The van der Waals surface area contributed by atoms with Crippen molar-refractivity contribution in [3.8, 4) is 0 Å². The molecule has 1 atom stereocenters. The number of hydrogen-bond donors (Lipinski definition) is 1. The summed E-state index contributed by atoms with van der Waals surface area (Å²) in [6.45, 7) is 6.87. The number of carbonyl (C=O) groups excluding carboxylic acids is 3. The first kappa shape index (κ1) is 27.9. The zero-order valence-corrected chi connectivity index (χ0v) is 23.1. The molecule has 2 amide bonds. The van der Waals surface area contributed by atoms with Crippen LogP contribution in [-0.4, -0.2) is 70.3 Å². The second-order valence-electron chi connectivity index (χ2n) is 11.4. The molecule has 1 aliphatic carbocycles. The van der Waals surface area contributed by atoms with Crippen LogP contribution < -0.4 is 11.0 Å². The van der Waals surface area contributed by atoms with E-state index < -0.39 is 11.6 Å². The smallest absolute Gasteiger partial charge is 0.410 e. The zero-order chi connectivity index (χ0) is 27.6. The third kappa shape index (κ3) is 5.95. The molecule has 1 aliphatic heterocycles. The Labute approximate surface area is 223 Å². The van der Waals surface area contributed by atoms with E-state index in [1.165, 1.54) is 4.57 Å². The summed E-state index contributed by atoms with van der Waals surface area (Å²) in [4.78, 5) is 50.9. The minimum absolute atomic E-state index is 0.120. The monoisotopic (exact) mass is 528 g/mol. The predicted octanol–water partition coefficient (Wildman–Crippen LogP) is 3.27. The van der Waals surface area contributed by atoms with Crippen molar-refractivity contribution in [3.05, 3.63) is 34.2 Å². The summed E-state index contributed by atoms with van der Waals surface area (Å²) in [5.74, 6) is 0.0920. The third-order valence-electron chi connectivity index (χ3n) is 7.58. The molecule has 1 saturated carbocycles. The molecule has 1 aromatic carbocycles. The number of rotatable bonds is 8. The molecule has 38 heavy (non-hydrogen) atoms. The van der Waals surface area contributed by atoms with Crippen LogP contribution in [0.4, 0.5) is 4.79 Å². The van der Waals surface area contributed by atoms with E-state index in [1.807, 2.05) is 39.0 Å². The van der Waals surface area contributed by atoms with E-state index in [1.54, 1.807) is 23.6 Å². The fourth-order valence-electron chi connectivity index (χ4n) is 5.48. The second-order valence-corrected chi connectivity index (χ2v) is 11.4. The first-order valence-electron chi connectivity index (χ1n) is 13.5. The lowest BCUT2D eigenvalue weighted by atomic mass is 9.77. The summed E-state index contributed by atoms with van der Waals surface area (Å²) in [5, 5.41) is 2.56. The lowest BCUT2D eigenvalue weighted by Gasteiger charge is -2.40. The van der Waals surface area contributed by atoms with Gasteiger partial charge in [0.1, 0.15) is 11.9 Å². The fraction of sp³-hybridized carbons (Fsp3) is 0.643. The molecule has 1 saturated heterocycles. The molecular formula is C28H40N4O6. The average Bonchev–Trinajstić information content (AvgIpc) is 3.11. The molecule has 2 aromatic rings. The van der Waals surface area contributed by atoms with Crippen molar-refractivity contribution in [1.82, 2.24) is 19.4 Å². The number of para-hydroxylation sites is 1. The van der Waals surface area contributed by atoms with Crippen LogP contribution in [0.1, 0.15) is 76.8 Å². The molecule has 2 heterocycles.